The van der Waals surface area contributed by atoms with Gasteiger partial charge in [0.15, 0.2) is 0 Å². The fourth-order valence-corrected chi connectivity index (χ4v) is 3.38. The van der Waals surface area contributed by atoms with E-state index in [-0.39, 0.29) is 12.1 Å². The fourth-order valence-electron chi connectivity index (χ4n) is 2.50. The summed E-state index contributed by atoms with van der Waals surface area (Å²) in [6, 6.07) is 5.52. The molecule has 7 heteroatoms. The van der Waals surface area contributed by atoms with Gasteiger partial charge in [-0.05, 0) is 49.9 Å². The topological polar surface area (TPSA) is 78.5 Å². The maximum Gasteiger partial charge on any atom is 0.319 e. The van der Waals surface area contributed by atoms with Gasteiger partial charge in [0, 0.05) is 24.8 Å². The highest BCUT2D eigenvalue weighted by Gasteiger charge is 2.25. The Balaban J connectivity index is 1.84. The summed E-state index contributed by atoms with van der Waals surface area (Å²) in [5.41, 5.74) is 3.06. The van der Waals surface area contributed by atoms with Gasteiger partial charge in [-0.15, -0.1) is 0 Å². The Morgan fingerprint density at radius 2 is 1.82 bits per heavy atom. The van der Waals surface area contributed by atoms with Crippen LogP contribution >= 0.6 is 0 Å². The number of nitrogens with zero attached hydrogens (tertiary/aromatic N) is 1. The first-order valence-electron chi connectivity index (χ1n) is 7.35. The molecule has 1 aliphatic rings. The lowest BCUT2D eigenvalue weighted by Crippen LogP contribution is -2.47. The number of piperidine rings is 1. The molecule has 22 heavy (non-hydrogen) atoms. The monoisotopic (exact) mass is 325 g/mol. The lowest BCUT2D eigenvalue weighted by molar-refractivity contribution is 0.238. The van der Waals surface area contributed by atoms with Crippen molar-refractivity contribution in [1.82, 2.24) is 9.62 Å². The van der Waals surface area contributed by atoms with Crippen molar-refractivity contribution in [3.63, 3.8) is 0 Å². The predicted molar refractivity (Wildman–Crippen MR) is 87.5 cm³/mol. The molecule has 6 nitrogen and oxygen atoms in total. The van der Waals surface area contributed by atoms with Crippen molar-refractivity contribution < 1.29 is 13.2 Å². The molecule has 1 saturated heterocycles. The van der Waals surface area contributed by atoms with Crippen molar-refractivity contribution in [2.75, 3.05) is 24.7 Å². The summed E-state index contributed by atoms with van der Waals surface area (Å²) in [5, 5.41) is 5.72. The number of rotatable bonds is 3. The molecule has 2 rings (SSSR count). The smallest absolute Gasteiger partial charge is 0.319 e. The van der Waals surface area contributed by atoms with E-state index in [1.165, 1.54) is 16.1 Å². The van der Waals surface area contributed by atoms with Crippen LogP contribution in [0.15, 0.2) is 18.2 Å². The van der Waals surface area contributed by atoms with Gasteiger partial charge in [-0.3, -0.25) is 0 Å². The van der Waals surface area contributed by atoms with E-state index in [1.807, 2.05) is 32.0 Å². The van der Waals surface area contributed by atoms with Gasteiger partial charge in [-0.2, -0.15) is 0 Å². The van der Waals surface area contributed by atoms with Crippen molar-refractivity contribution in [3.05, 3.63) is 29.3 Å². The molecule has 2 amide bonds. The van der Waals surface area contributed by atoms with E-state index in [9.17, 15) is 13.2 Å². The molecule has 0 radical (unpaired) electrons. The number of carbonyl (C=O) groups excluding carboxylic acids is 1. The number of hydrogen-bond donors (Lipinski definition) is 2. The third-order valence-corrected chi connectivity index (χ3v) is 5.33. The molecule has 122 valence electrons. The number of urea groups is 1. The summed E-state index contributed by atoms with van der Waals surface area (Å²) in [6.45, 7) is 4.93. The summed E-state index contributed by atoms with van der Waals surface area (Å²) in [5.74, 6) is 0. The highest BCUT2D eigenvalue weighted by molar-refractivity contribution is 7.88. The molecule has 1 heterocycles. The van der Waals surface area contributed by atoms with Gasteiger partial charge in [0.25, 0.3) is 0 Å². The Bertz CT molecular complexity index is 650. The van der Waals surface area contributed by atoms with Crippen LogP contribution in [0.2, 0.25) is 0 Å². The molecular formula is C15H23N3O3S. The van der Waals surface area contributed by atoms with Gasteiger partial charge in [-0.25, -0.2) is 17.5 Å². The summed E-state index contributed by atoms with van der Waals surface area (Å²) in [6.07, 6.45) is 2.48. The molecule has 1 aliphatic heterocycles. The first-order chi connectivity index (χ1) is 10.3. The van der Waals surface area contributed by atoms with Crippen LogP contribution in [-0.4, -0.2) is 44.1 Å². The van der Waals surface area contributed by atoms with E-state index in [2.05, 4.69) is 10.6 Å². The number of anilines is 1. The molecule has 0 spiro atoms. The minimum Gasteiger partial charge on any atom is -0.335 e. The highest BCUT2D eigenvalue weighted by atomic mass is 32.2. The SMILES string of the molecule is Cc1ccc(NC(=O)NC2CCN(S(C)(=O)=O)CC2)cc1C. The van der Waals surface area contributed by atoms with Crippen LogP contribution in [-0.2, 0) is 10.0 Å². The summed E-state index contributed by atoms with van der Waals surface area (Å²) in [7, 11) is -3.13. The van der Waals surface area contributed by atoms with Crippen LogP contribution in [0.5, 0.6) is 0 Å². The summed E-state index contributed by atoms with van der Waals surface area (Å²) >= 11 is 0. The Labute approximate surface area is 131 Å². The van der Waals surface area contributed by atoms with Gasteiger partial charge >= 0.3 is 6.03 Å². The first-order valence-corrected chi connectivity index (χ1v) is 9.20. The molecule has 0 bridgehead atoms. The maximum atomic E-state index is 12.0. The molecule has 1 aromatic carbocycles. The first kappa shape index (κ1) is 16.8. The second-order valence-electron chi connectivity index (χ2n) is 5.83. The van der Waals surface area contributed by atoms with Crippen LogP contribution in [0.25, 0.3) is 0 Å². The van der Waals surface area contributed by atoms with Crippen molar-refractivity contribution in [2.45, 2.75) is 32.7 Å². The van der Waals surface area contributed by atoms with Gasteiger partial charge in [0.1, 0.15) is 0 Å². The van der Waals surface area contributed by atoms with E-state index < -0.39 is 10.0 Å². The summed E-state index contributed by atoms with van der Waals surface area (Å²) in [4.78, 5) is 12.0. The zero-order valence-corrected chi connectivity index (χ0v) is 14.0. The average Bonchev–Trinajstić information content (AvgIpc) is 2.42. The Hall–Kier alpha value is -1.60. The number of nitrogens with one attached hydrogen (secondary N) is 2. The van der Waals surface area contributed by atoms with Crippen molar-refractivity contribution >= 4 is 21.7 Å². The van der Waals surface area contributed by atoms with Gasteiger partial charge in [-0.1, -0.05) is 6.07 Å². The zero-order chi connectivity index (χ0) is 16.3. The predicted octanol–water partition coefficient (Wildman–Crippen LogP) is 1.85. The third-order valence-electron chi connectivity index (χ3n) is 4.02. The standard InChI is InChI=1S/C15H23N3O3S/c1-11-4-5-14(10-12(11)2)17-15(19)16-13-6-8-18(9-7-13)22(3,20)21/h4-5,10,13H,6-9H2,1-3H3,(H2,16,17,19). The van der Waals surface area contributed by atoms with Gasteiger partial charge < -0.3 is 10.6 Å². The van der Waals surface area contributed by atoms with Gasteiger partial charge in [0.2, 0.25) is 10.0 Å². The molecule has 0 unspecified atom stereocenters. The van der Waals surface area contributed by atoms with E-state index in [1.54, 1.807) is 0 Å². The minimum atomic E-state index is -3.13. The summed E-state index contributed by atoms with van der Waals surface area (Å²) < 4.78 is 24.3. The molecule has 1 aromatic rings. The zero-order valence-electron chi connectivity index (χ0n) is 13.2. The molecular weight excluding hydrogens is 302 g/mol. The molecule has 0 atom stereocenters. The Kier molecular flexibility index (Phi) is 5.08. The molecule has 1 fully saturated rings. The normalized spacial score (nSPS) is 17.2. The van der Waals surface area contributed by atoms with Crippen molar-refractivity contribution in [2.24, 2.45) is 0 Å². The van der Waals surface area contributed by atoms with Crippen LogP contribution < -0.4 is 10.6 Å². The quantitative estimate of drug-likeness (QED) is 0.890. The van der Waals surface area contributed by atoms with E-state index in [4.69, 9.17) is 0 Å². The number of hydrogen-bond acceptors (Lipinski definition) is 3. The molecule has 0 aromatic heterocycles. The number of benzene rings is 1. The van der Waals surface area contributed by atoms with Crippen LogP contribution in [0.3, 0.4) is 0 Å². The van der Waals surface area contributed by atoms with Crippen LogP contribution in [0, 0.1) is 13.8 Å². The van der Waals surface area contributed by atoms with Crippen LogP contribution in [0.1, 0.15) is 24.0 Å². The van der Waals surface area contributed by atoms with Gasteiger partial charge in [0.05, 0.1) is 6.26 Å². The lowest BCUT2D eigenvalue weighted by atomic mass is 10.1. The average molecular weight is 325 g/mol. The number of carbonyl (C=O) groups is 1. The molecule has 0 saturated carbocycles. The highest BCUT2D eigenvalue weighted by Crippen LogP contribution is 2.15. The largest absolute Gasteiger partial charge is 0.335 e. The Morgan fingerprint density at radius 1 is 1.18 bits per heavy atom. The van der Waals surface area contributed by atoms with Crippen LogP contribution in [0.4, 0.5) is 10.5 Å². The van der Waals surface area contributed by atoms with E-state index >= 15 is 0 Å². The van der Waals surface area contributed by atoms with Crippen molar-refractivity contribution in [3.8, 4) is 0 Å². The fraction of sp³-hybridized carbons (Fsp3) is 0.533. The molecule has 2 N–H and O–H groups in total. The second-order valence-corrected chi connectivity index (χ2v) is 7.82. The molecule has 0 aliphatic carbocycles. The number of sulfonamides is 1. The third kappa shape index (κ3) is 4.45. The Morgan fingerprint density at radius 3 is 2.36 bits per heavy atom. The van der Waals surface area contributed by atoms with E-state index in [0.717, 1.165) is 11.3 Å². The second kappa shape index (κ2) is 6.66. The van der Waals surface area contributed by atoms with Crippen molar-refractivity contribution in [1.29, 1.82) is 0 Å². The van der Waals surface area contributed by atoms with E-state index in [0.29, 0.717) is 25.9 Å². The maximum absolute atomic E-state index is 12.0. The number of aryl methyl sites for hydroxylation is 2. The number of amides is 2. The lowest BCUT2D eigenvalue weighted by Gasteiger charge is -2.30. The minimum absolute atomic E-state index is 0.00421.